The van der Waals surface area contributed by atoms with Crippen molar-refractivity contribution in [3.63, 3.8) is 0 Å². The fraction of sp³-hybridized carbons (Fsp3) is 0.208. The largest absolute Gasteiger partial charge is 0.437 e. The van der Waals surface area contributed by atoms with E-state index in [2.05, 4.69) is 55.4 Å². The highest BCUT2D eigenvalue weighted by atomic mass is 35.5. The van der Waals surface area contributed by atoms with E-state index in [0.29, 0.717) is 11.6 Å². The van der Waals surface area contributed by atoms with Crippen molar-refractivity contribution in [2.45, 2.75) is 34.2 Å². The molecule has 3 nitrogen and oxygen atoms in total. The minimum Gasteiger partial charge on any atom is -0.437 e. The van der Waals surface area contributed by atoms with E-state index >= 15 is 0 Å². The van der Waals surface area contributed by atoms with Crippen molar-refractivity contribution in [3.05, 3.63) is 88.5 Å². The maximum atomic E-state index is 13.2. The molecule has 0 spiro atoms. The molecule has 0 amide bonds. The summed E-state index contributed by atoms with van der Waals surface area (Å²) in [5.41, 5.74) is 7.14. The molecule has 2 aromatic heterocycles. The molecule has 29 heavy (non-hydrogen) atoms. The van der Waals surface area contributed by atoms with Gasteiger partial charge >= 0.3 is 0 Å². The molecular formula is C24H24ClFN2O. The Balaban J connectivity index is 0.00000240. The zero-order valence-corrected chi connectivity index (χ0v) is 17.8. The maximum Gasteiger partial charge on any atom is 0.244 e. The van der Waals surface area contributed by atoms with E-state index in [1.165, 1.54) is 40.1 Å². The van der Waals surface area contributed by atoms with E-state index in [4.69, 9.17) is 4.74 Å². The average molecular weight is 411 g/mol. The lowest BCUT2D eigenvalue weighted by atomic mass is 10.1. The van der Waals surface area contributed by atoms with Crippen molar-refractivity contribution in [1.29, 1.82) is 0 Å². The van der Waals surface area contributed by atoms with Gasteiger partial charge in [-0.05, 0) is 74.7 Å². The van der Waals surface area contributed by atoms with Gasteiger partial charge in [0.2, 0.25) is 5.88 Å². The SMILES string of the molecule is Cc1ccc(C)c(Cn2c(C)c(C)c3ccnc(Oc4ccc(F)cc4)c32)c1.Cl. The van der Waals surface area contributed by atoms with Crippen molar-refractivity contribution >= 4 is 23.3 Å². The predicted molar refractivity (Wildman–Crippen MR) is 118 cm³/mol. The Morgan fingerprint density at radius 1 is 0.966 bits per heavy atom. The summed E-state index contributed by atoms with van der Waals surface area (Å²) in [6.07, 6.45) is 1.76. The summed E-state index contributed by atoms with van der Waals surface area (Å²) in [6.45, 7) is 9.24. The summed E-state index contributed by atoms with van der Waals surface area (Å²) in [7, 11) is 0. The first kappa shape index (κ1) is 20.9. The molecule has 150 valence electrons. The van der Waals surface area contributed by atoms with Crippen LogP contribution < -0.4 is 4.74 Å². The van der Waals surface area contributed by atoms with E-state index < -0.39 is 0 Å². The lowest BCUT2D eigenvalue weighted by molar-refractivity contribution is 0.464. The number of benzene rings is 2. The maximum absolute atomic E-state index is 13.2. The Morgan fingerprint density at radius 3 is 2.41 bits per heavy atom. The lowest BCUT2D eigenvalue weighted by Crippen LogP contribution is -2.05. The summed E-state index contributed by atoms with van der Waals surface area (Å²) in [6, 6.07) is 14.6. The third-order valence-electron chi connectivity index (χ3n) is 5.37. The van der Waals surface area contributed by atoms with Gasteiger partial charge in [0.15, 0.2) is 0 Å². The third kappa shape index (κ3) is 3.99. The molecule has 0 aliphatic rings. The molecule has 0 aliphatic heterocycles. The van der Waals surface area contributed by atoms with Crippen molar-refractivity contribution in [2.24, 2.45) is 0 Å². The van der Waals surface area contributed by atoms with Crippen LogP contribution >= 0.6 is 12.4 Å². The predicted octanol–water partition coefficient (Wildman–Crippen LogP) is 6.67. The first-order chi connectivity index (χ1) is 13.4. The number of ether oxygens (including phenoxy) is 1. The Bertz CT molecular complexity index is 1170. The van der Waals surface area contributed by atoms with Gasteiger partial charge in [-0.2, -0.15) is 0 Å². The molecule has 0 bridgehead atoms. The molecular weight excluding hydrogens is 387 g/mol. The average Bonchev–Trinajstić information content (AvgIpc) is 2.92. The van der Waals surface area contributed by atoms with Crippen LogP contribution in [0.5, 0.6) is 11.6 Å². The summed E-state index contributed by atoms with van der Waals surface area (Å²) >= 11 is 0. The number of nitrogens with zero attached hydrogens (tertiary/aromatic N) is 2. The molecule has 0 saturated heterocycles. The number of pyridine rings is 1. The number of aromatic nitrogens is 2. The van der Waals surface area contributed by atoms with Crippen molar-refractivity contribution in [3.8, 4) is 11.6 Å². The number of hydrogen-bond donors (Lipinski definition) is 0. The quantitative estimate of drug-likeness (QED) is 0.375. The van der Waals surface area contributed by atoms with Crippen molar-refractivity contribution < 1.29 is 9.13 Å². The molecule has 4 rings (SSSR count). The van der Waals surface area contributed by atoms with Crippen LogP contribution in [-0.4, -0.2) is 9.55 Å². The Hall–Kier alpha value is -2.85. The van der Waals surface area contributed by atoms with E-state index in [1.54, 1.807) is 18.3 Å². The third-order valence-corrected chi connectivity index (χ3v) is 5.37. The molecule has 0 atom stereocenters. The number of halogens is 2. The fourth-order valence-corrected chi connectivity index (χ4v) is 3.59. The summed E-state index contributed by atoms with van der Waals surface area (Å²) in [5, 5.41) is 1.12. The van der Waals surface area contributed by atoms with Crippen LogP contribution in [0.15, 0.2) is 54.7 Å². The van der Waals surface area contributed by atoms with Gasteiger partial charge in [-0.1, -0.05) is 23.8 Å². The number of rotatable bonds is 4. The summed E-state index contributed by atoms with van der Waals surface area (Å²) < 4.78 is 21.5. The summed E-state index contributed by atoms with van der Waals surface area (Å²) in [4.78, 5) is 4.48. The molecule has 2 heterocycles. The van der Waals surface area contributed by atoms with Crippen LogP contribution in [0.3, 0.4) is 0 Å². The number of aryl methyl sites for hydroxylation is 3. The molecule has 5 heteroatoms. The van der Waals surface area contributed by atoms with Crippen LogP contribution in [0, 0.1) is 33.5 Å². The van der Waals surface area contributed by atoms with Gasteiger partial charge in [0.25, 0.3) is 0 Å². The van der Waals surface area contributed by atoms with E-state index in [9.17, 15) is 4.39 Å². The standard InChI is InChI=1S/C24H23FN2O.ClH/c1-15-5-6-16(2)19(13-15)14-27-18(4)17(3)22-11-12-26-24(23(22)27)28-21-9-7-20(25)8-10-21;/h5-13H,14H2,1-4H3;1H. The van der Waals surface area contributed by atoms with Gasteiger partial charge < -0.3 is 9.30 Å². The van der Waals surface area contributed by atoms with Crippen LogP contribution in [0.2, 0.25) is 0 Å². The Labute approximate surface area is 176 Å². The van der Waals surface area contributed by atoms with Crippen LogP contribution in [-0.2, 0) is 6.54 Å². The first-order valence-corrected chi connectivity index (χ1v) is 9.38. The molecule has 2 aromatic carbocycles. The lowest BCUT2D eigenvalue weighted by Gasteiger charge is -2.14. The molecule has 0 unspecified atom stereocenters. The molecule has 0 N–H and O–H groups in total. The number of hydrogen-bond acceptors (Lipinski definition) is 2. The van der Waals surface area contributed by atoms with Gasteiger partial charge in [0.1, 0.15) is 17.1 Å². The monoisotopic (exact) mass is 410 g/mol. The topological polar surface area (TPSA) is 27.1 Å². The zero-order chi connectivity index (χ0) is 19.8. The smallest absolute Gasteiger partial charge is 0.244 e. The van der Waals surface area contributed by atoms with Gasteiger partial charge in [0.05, 0.1) is 0 Å². The highest BCUT2D eigenvalue weighted by Crippen LogP contribution is 2.34. The van der Waals surface area contributed by atoms with Gasteiger partial charge in [-0.25, -0.2) is 9.37 Å². The molecule has 0 fully saturated rings. The minimum atomic E-state index is -0.288. The van der Waals surface area contributed by atoms with E-state index in [0.717, 1.165) is 17.4 Å². The van der Waals surface area contributed by atoms with Crippen LogP contribution in [0.1, 0.15) is 27.9 Å². The van der Waals surface area contributed by atoms with Gasteiger partial charge in [0, 0.05) is 23.8 Å². The zero-order valence-electron chi connectivity index (χ0n) is 17.0. The highest BCUT2D eigenvalue weighted by molar-refractivity contribution is 5.89. The van der Waals surface area contributed by atoms with Crippen molar-refractivity contribution in [1.82, 2.24) is 9.55 Å². The van der Waals surface area contributed by atoms with E-state index in [1.807, 2.05) is 6.07 Å². The van der Waals surface area contributed by atoms with Gasteiger partial charge in [-0.15, -0.1) is 12.4 Å². The summed E-state index contributed by atoms with van der Waals surface area (Å²) in [5.74, 6) is 0.810. The molecule has 4 aromatic rings. The van der Waals surface area contributed by atoms with Crippen LogP contribution in [0.4, 0.5) is 4.39 Å². The molecule has 0 aliphatic carbocycles. The normalized spacial score (nSPS) is 10.8. The van der Waals surface area contributed by atoms with Crippen LogP contribution in [0.25, 0.3) is 10.9 Å². The first-order valence-electron chi connectivity index (χ1n) is 9.38. The second kappa shape index (κ2) is 8.26. The van der Waals surface area contributed by atoms with Gasteiger partial charge in [-0.3, -0.25) is 0 Å². The highest BCUT2D eigenvalue weighted by Gasteiger charge is 2.17. The second-order valence-electron chi connectivity index (χ2n) is 7.29. The van der Waals surface area contributed by atoms with E-state index in [-0.39, 0.29) is 18.2 Å². The Morgan fingerprint density at radius 2 is 1.69 bits per heavy atom. The molecule has 0 saturated carbocycles. The second-order valence-corrected chi connectivity index (χ2v) is 7.29. The Kier molecular flexibility index (Phi) is 5.94. The van der Waals surface area contributed by atoms with Crippen molar-refractivity contribution in [2.75, 3.05) is 0 Å². The minimum absolute atomic E-state index is 0. The number of fused-ring (bicyclic) bond motifs is 1. The fourth-order valence-electron chi connectivity index (χ4n) is 3.59. The molecule has 0 radical (unpaired) electrons.